The van der Waals surface area contributed by atoms with E-state index < -0.39 is 0 Å². The smallest absolute Gasteiger partial charge is 0.131 e. The van der Waals surface area contributed by atoms with Gasteiger partial charge < -0.3 is 5.73 Å². The van der Waals surface area contributed by atoms with Gasteiger partial charge >= 0.3 is 0 Å². The van der Waals surface area contributed by atoms with Gasteiger partial charge in [0.25, 0.3) is 0 Å². The lowest BCUT2D eigenvalue weighted by Gasteiger charge is -2.05. The molecule has 20 heavy (non-hydrogen) atoms. The largest absolute Gasteiger partial charge is 0.383 e. The van der Waals surface area contributed by atoms with Crippen molar-refractivity contribution < 1.29 is 0 Å². The molecule has 0 unspecified atom stereocenters. The Bertz CT molecular complexity index is 583. The van der Waals surface area contributed by atoms with Crippen molar-refractivity contribution in [3.8, 4) is 0 Å². The quantitative estimate of drug-likeness (QED) is 0.637. The summed E-state index contributed by atoms with van der Waals surface area (Å²) >= 11 is 0. The summed E-state index contributed by atoms with van der Waals surface area (Å²) in [5, 5.41) is 0. The van der Waals surface area contributed by atoms with Crippen LogP contribution in [0.15, 0.2) is 71.7 Å². The van der Waals surface area contributed by atoms with Gasteiger partial charge in [-0.1, -0.05) is 80.1 Å². The molecule has 0 bridgehead atoms. The zero-order chi connectivity index (χ0) is 14.2. The lowest BCUT2D eigenvalue weighted by atomic mass is 10.1. The number of amidine groups is 1. The van der Waals surface area contributed by atoms with E-state index in [0.29, 0.717) is 5.84 Å². The van der Waals surface area contributed by atoms with Gasteiger partial charge in [0.2, 0.25) is 0 Å². The predicted molar refractivity (Wildman–Crippen MR) is 86.5 cm³/mol. The molecule has 2 N–H and O–H groups in total. The first-order valence-corrected chi connectivity index (χ1v) is 6.96. The first kappa shape index (κ1) is 14.1. The zero-order valence-corrected chi connectivity index (χ0v) is 11.8. The topological polar surface area (TPSA) is 38.4 Å². The summed E-state index contributed by atoms with van der Waals surface area (Å²) in [5.74, 6) is 0.553. The van der Waals surface area contributed by atoms with Gasteiger partial charge in [-0.15, -0.1) is 0 Å². The van der Waals surface area contributed by atoms with Crippen LogP contribution in [0.3, 0.4) is 0 Å². The molecular weight excluding hydrogens is 244 g/mol. The molecule has 0 atom stereocenters. The fourth-order valence-corrected chi connectivity index (χ4v) is 1.92. The third kappa shape index (κ3) is 3.82. The maximum Gasteiger partial charge on any atom is 0.131 e. The second kappa shape index (κ2) is 7.29. The molecule has 0 saturated carbocycles. The Morgan fingerprint density at radius 3 is 2.05 bits per heavy atom. The number of hydrogen-bond acceptors (Lipinski definition) is 1. The Balaban J connectivity index is 2.34. The second-order valence-corrected chi connectivity index (χ2v) is 4.61. The zero-order valence-electron chi connectivity index (χ0n) is 11.8. The molecule has 2 aromatic rings. The fraction of sp³-hybridized carbons (Fsp3) is 0.167. The Kier molecular flexibility index (Phi) is 5.13. The fourth-order valence-electron chi connectivity index (χ4n) is 1.92. The Morgan fingerprint density at radius 2 is 1.50 bits per heavy atom. The van der Waals surface area contributed by atoms with Crippen LogP contribution in [0.2, 0.25) is 0 Å². The highest BCUT2D eigenvalue weighted by Gasteiger charge is 2.02. The van der Waals surface area contributed by atoms with E-state index in [9.17, 15) is 0 Å². The monoisotopic (exact) mass is 264 g/mol. The van der Waals surface area contributed by atoms with Crippen molar-refractivity contribution in [3.63, 3.8) is 0 Å². The minimum absolute atomic E-state index is 0.553. The highest BCUT2D eigenvalue weighted by molar-refractivity contribution is 6.00. The van der Waals surface area contributed by atoms with E-state index in [-0.39, 0.29) is 0 Å². The Hall–Kier alpha value is -2.35. The van der Waals surface area contributed by atoms with E-state index in [4.69, 9.17) is 5.73 Å². The maximum absolute atomic E-state index is 6.11. The maximum atomic E-state index is 6.11. The molecule has 0 fully saturated rings. The number of rotatable bonds is 5. The number of aliphatic imine (C=N–C) groups is 1. The van der Waals surface area contributed by atoms with Crippen LogP contribution in [0, 0.1) is 0 Å². The standard InChI is InChI=1S/C18H20N2/c1-2-3-14-17(15-10-6-4-7-11-15)20-18(19)16-12-8-5-9-13-16/h4-14H,2-3H2,1H3,(H2,19,20)/b17-14+. The number of allylic oxidation sites excluding steroid dienone is 1. The molecule has 0 aliphatic carbocycles. The molecule has 0 spiro atoms. The van der Waals surface area contributed by atoms with Gasteiger partial charge in [0.05, 0.1) is 5.70 Å². The molecule has 2 nitrogen and oxygen atoms in total. The third-order valence-corrected chi connectivity index (χ3v) is 3.01. The SMILES string of the molecule is CCC/C=C(/N=C(N)c1ccccc1)c1ccccc1. The van der Waals surface area contributed by atoms with Crippen LogP contribution in [0.25, 0.3) is 5.70 Å². The van der Waals surface area contributed by atoms with E-state index in [0.717, 1.165) is 29.7 Å². The molecule has 0 aliphatic rings. The molecule has 0 aliphatic heterocycles. The minimum Gasteiger partial charge on any atom is -0.383 e. The predicted octanol–water partition coefficient (Wildman–Crippen LogP) is 4.23. The van der Waals surface area contributed by atoms with Crippen LogP contribution in [0.4, 0.5) is 0 Å². The molecule has 0 heterocycles. The lowest BCUT2D eigenvalue weighted by molar-refractivity contribution is 0.958. The van der Waals surface area contributed by atoms with Crippen LogP contribution in [-0.2, 0) is 0 Å². The van der Waals surface area contributed by atoms with E-state index in [1.807, 2.05) is 48.5 Å². The van der Waals surface area contributed by atoms with E-state index in [1.54, 1.807) is 0 Å². The molecule has 0 saturated heterocycles. The first-order valence-electron chi connectivity index (χ1n) is 6.96. The number of benzene rings is 2. The van der Waals surface area contributed by atoms with Crippen molar-refractivity contribution in [1.82, 2.24) is 0 Å². The molecule has 0 amide bonds. The van der Waals surface area contributed by atoms with Crippen LogP contribution in [0.1, 0.15) is 30.9 Å². The Morgan fingerprint density at radius 1 is 0.950 bits per heavy atom. The molecule has 0 radical (unpaired) electrons. The number of unbranched alkanes of at least 4 members (excludes halogenated alkanes) is 1. The van der Waals surface area contributed by atoms with Crippen molar-refractivity contribution in [1.29, 1.82) is 0 Å². The first-order chi connectivity index (χ1) is 9.81. The summed E-state index contributed by atoms with van der Waals surface area (Å²) in [6.45, 7) is 2.16. The van der Waals surface area contributed by atoms with Crippen LogP contribution >= 0.6 is 0 Å². The van der Waals surface area contributed by atoms with E-state index in [1.165, 1.54) is 0 Å². The third-order valence-electron chi connectivity index (χ3n) is 3.01. The number of nitrogens with zero attached hydrogens (tertiary/aromatic N) is 1. The molecule has 2 rings (SSSR count). The van der Waals surface area contributed by atoms with Gasteiger partial charge in [0, 0.05) is 5.56 Å². The lowest BCUT2D eigenvalue weighted by Crippen LogP contribution is -2.13. The summed E-state index contributed by atoms with van der Waals surface area (Å²) in [6, 6.07) is 20.0. The highest BCUT2D eigenvalue weighted by Crippen LogP contribution is 2.17. The van der Waals surface area contributed by atoms with Crippen LogP contribution in [0.5, 0.6) is 0 Å². The van der Waals surface area contributed by atoms with Gasteiger partial charge in [0.15, 0.2) is 0 Å². The van der Waals surface area contributed by atoms with Crippen molar-refractivity contribution in [2.75, 3.05) is 0 Å². The average molecular weight is 264 g/mol. The van der Waals surface area contributed by atoms with Crippen LogP contribution in [-0.4, -0.2) is 5.84 Å². The number of hydrogen-bond donors (Lipinski definition) is 1. The van der Waals surface area contributed by atoms with Crippen LogP contribution < -0.4 is 5.73 Å². The van der Waals surface area contributed by atoms with Crippen molar-refractivity contribution in [3.05, 3.63) is 77.9 Å². The minimum atomic E-state index is 0.553. The van der Waals surface area contributed by atoms with Gasteiger partial charge in [-0.05, 0) is 12.0 Å². The molecule has 2 aromatic carbocycles. The highest BCUT2D eigenvalue weighted by atomic mass is 14.9. The normalized spacial score (nSPS) is 12.4. The Labute approximate surface area is 120 Å². The average Bonchev–Trinajstić information content (AvgIpc) is 2.53. The molecular formula is C18H20N2. The summed E-state index contributed by atoms with van der Waals surface area (Å²) in [4.78, 5) is 4.61. The van der Waals surface area contributed by atoms with Gasteiger partial charge in [-0.3, -0.25) is 0 Å². The molecule has 102 valence electrons. The summed E-state index contributed by atoms with van der Waals surface area (Å²) in [6.07, 6.45) is 4.23. The second-order valence-electron chi connectivity index (χ2n) is 4.61. The molecule has 2 heteroatoms. The van der Waals surface area contributed by atoms with E-state index in [2.05, 4.69) is 30.1 Å². The van der Waals surface area contributed by atoms with Gasteiger partial charge in [-0.2, -0.15) is 0 Å². The van der Waals surface area contributed by atoms with Gasteiger partial charge in [0.1, 0.15) is 5.84 Å². The summed E-state index contributed by atoms with van der Waals surface area (Å²) in [7, 11) is 0. The van der Waals surface area contributed by atoms with E-state index >= 15 is 0 Å². The van der Waals surface area contributed by atoms with Crippen molar-refractivity contribution >= 4 is 11.5 Å². The van der Waals surface area contributed by atoms with Crippen molar-refractivity contribution in [2.45, 2.75) is 19.8 Å². The van der Waals surface area contributed by atoms with Gasteiger partial charge in [-0.25, -0.2) is 4.99 Å². The summed E-state index contributed by atoms with van der Waals surface area (Å²) in [5.41, 5.74) is 9.10. The summed E-state index contributed by atoms with van der Waals surface area (Å²) < 4.78 is 0. The molecule has 0 aromatic heterocycles. The number of nitrogens with two attached hydrogens (primary N) is 1. The van der Waals surface area contributed by atoms with Crippen molar-refractivity contribution in [2.24, 2.45) is 10.7 Å².